The Labute approximate surface area is 131 Å². The molecule has 1 atom stereocenters. The molecule has 2 amide bonds. The van der Waals surface area contributed by atoms with Crippen molar-refractivity contribution in [2.45, 2.75) is 18.5 Å². The van der Waals surface area contributed by atoms with E-state index < -0.39 is 17.5 Å². The summed E-state index contributed by atoms with van der Waals surface area (Å²) in [6, 6.07) is 7.17. The minimum atomic E-state index is -1.32. The number of urea groups is 1. The van der Waals surface area contributed by atoms with Crippen LogP contribution in [0.15, 0.2) is 28.7 Å². The van der Waals surface area contributed by atoms with Crippen molar-refractivity contribution in [2.24, 2.45) is 0 Å². The Morgan fingerprint density at radius 2 is 2.29 bits per heavy atom. The van der Waals surface area contributed by atoms with Crippen LogP contribution in [0.2, 0.25) is 0 Å². The van der Waals surface area contributed by atoms with E-state index >= 15 is 0 Å². The highest BCUT2D eigenvalue weighted by Gasteiger charge is 2.44. The second-order valence-corrected chi connectivity index (χ2v) is 6.02. The summed E-state index contributed by atoms with van der Waals surface area (Å²) in [6.45, 7) is 0.725. The van der Waals surface area contributed by atoms with Gasteiger partial charge in [0.2, 0.25) is 0 Å². The molecule has 1 aromatic carbocycles. The lowest BCUT2D eigenvalue weighted by Crippen LogP contribution is -2.57. The van der Waals surface area contributed by atoms with Gasteiger partial charge in [-0.15, -0.1) is 0 Å². The van der Waals surface area contributed by atoms with Crippen LogP contribution in [-0.2, 0) is 16.1 Å². The van der Waals surface area contributed by atoms with Crippen molar-refractivity contribution in [3.05, 3.63) is 34.3 Å². The van der Waals surface area contributed by atoms with Crippen molar-refractivity contribution in [3.63, 3.8) is 0 Å². The van der Waals surface area contributed by atoms with Gasteiger partial charge in [0.15, 0.2) is 5.54 Å². The van der Waals surface area contributed by atoms with E-state index in [-0.39, 0.29) is 13.0 Å². The number of benzene rings is 1. The number of carbonyl (C=O) groups is 2. The maximum Gasteiger partial charge on any atom is 0.332 e. The van der Waals surface area contributed by atoms with Crippen LogP contribution in [0.3, 0.4) is 0 Å². The number of nitrogens with one attached hydrogen (secondary N) is 1. The monoisotopic (exact) mass is 356 g/mol. The molecule has 1 saturated heterocycles. The number of hydrogen-bond acceptors (Lipinski definition) is 3. The summed E-state index contributed by atoms with van der Waals surface area (Å²) in [5, 5.41) is 11.9. The number of hydrogen-bond donors (Lipinski definition) is 2. The fourth-order valence-corrected chi connectivity index (χ4v) is 2.61. The molecule has 0 bridgehead atoms. The molecule has 0 aromatic heterocycles. The van der Waals surface area contributed by atoms with Gasteiger partial charge in [-0.3, -0.25) is 0 Å². The van der Waals surface area contributed by atoms with E-state index in [0.717, 1.165) is 10.0 Å². The first-order valence-electron chi connectivity index (χ1n) is 6.52. The molecule has 0 saturated carbocycles. The molecule has 1 heterocycles. The first-order valence-corrected chi connectivity index (χ1v) is 7.31. The van der Waals surface area contributed by atoms with E-state index in [1.807, 2.05) is 24.3 Å². The normalized spacial score (nSPS) is 21.0. The number of halogens is 1. The number of ether oxygens (including phenoxy) is 1. The fourth-order valence-electron chi connectivity index (χ4n) is 2.17. The summed E-state index contributed by atoms with van der Waals surface area (Å²) in [7, 11) is 1.63. The van der Waals surface area contributed by atoms with E-state index in [1.54, 1.807) is 7.05 Å². The number of carboxylic acid groups (broad SMARTS) is 1. The van der Waals surface area contributed by atoms with Gasteiger partial charge in [-0.1, -0.05) is 28.1 Å². The average molecular weight is 357 g/mol. The number of amides is 2. The molecule has 2 rings (SSSR count). The number of carbonyl (C=O) groups excluding carboxylic acids is 1. The van der Waals surface area contributed by atoms with Gasteiger partial charge < -0.3 is 20.1 Å². The Morgan fingerprint density at radius 1 is 1.52 bits per heavy atom. The highest BCUT2D eigenvalue weighted by Crippen LogP contribution is 2.20. The molecular weight excluding hydrogens is 340 g/mol. The summed E-state index contributed by atoms with van der Waals surface area (Å²) >= 11 is 3.37. The second-order valence-electron chi connectivity index (χ2n) is 5.11. The van der Waals surface area contributed by atoms with Crippen molar-refractivity contribution in [3.8, 4) is 0 Å². The van der Waals surface area contributed by atoms with Crippen molar-refractivity contribution < 1.29 is 19.4 Å². The summed E-state index contributed by atoms with van der Waals surface area (Å²) in [6.07, 6.45) is 0.277. The van der Waals surface area contributed by atoms with Crippen molar-refractivity contribution in [2.75, 3.05) is 20.3 Å². The molecule has 0 radical (unpaired) electrons. The molecular formula is C14H17BrN2O4. The molecule has 1 fully saturated rings. The van der Waals surface area contributed by atoms with E-state index in [1.165, 1.54) is 4.90 Å². The Balaban J connectivity index is 2.01. The lowest BCUT2D eigenvalue weighted by Gasteiger charge is -2.27. The Kier molecular flexibility index (Phi) is 4.84. The van der Waals surface area contributed by atoms with Gasteiger partial charge in [0.25, 0.3) is 0 Å². The van der Waals surface area contributed by atoms with Crippen LogP contribution in [-0.4, -0.2) is 47.8 Å². The van der Waals surface area contributed by atoms with Gasteiger partial charge >= 0.3 is 12.0 Å². The Morgan fingerprint density at radius 3 is 2.86 bits per heavy atom. The van der Waals surface area contributed by atoms with Gasteiger partial charge in [0.1, 0.15) is 0 Å². The van der Waals surface area contributed by atoms with E-state index in [2.05, 4.69) is 21.2 Å². The molecule has 1 aliphatic heterocycles. The smallest absolute Gasteiger partial charge is 0.332 e. The number of aliphatic carboxylic acids is 1. The van der Waals surface area contributed by atoms with Gasteiger partial charge in [0, 0.05) is 31.1 Å². The minimum Gasteiger partial charge on any atom is -0.479 e. The average Bonchev–Trinajstić information content (AvgIpc) is 2.88. The highest BCUT2D eigenvalue weighted by molar-refractivity contribution is 9.10. The van der Waals surface area contributed by atoms with Crippen LogP contribution in [0.1, 0.15) is 12.0 Å². The molecule has 1 aromatic rings. The first kappa shape index (κ1) is 15.8. The summed E-state index contributed by atoms with van der Waals surface area (Å²) in [4.78, 5) is 25.0. The minimum absolute atomic E-state index is 0.00119. The standard InChI is InChI=1S/C14H17BrN2O4/c1-17(8-10-3-2-4-11(15)7-10)13(20)16-14(12(18)19)5-6-21-9-14/h2-4,7H,5-6,8-9H2,1H3,(H,16,20)(H,18,19). The van der Waals surface area contributed by atoms with E-state index in [0.29, 0.717) is 13.2 Å². The van der Waals surface area contributed by atoms with Crippen LogP contribution < -0.4 is 5.32 Å². The Bertz CT molecular complexity index is 544. The van der Waals surface area contributed by atoms with Gasteiger partial charge in [0.05, 0.1) is 6.61 Å². The number of rotatable bonds is 4. The zero-order chi connectivity index (χ0) is 15.5. The van der Waals surface area contributed by atoms with Crippen molar-refractivity contribution in [1.29, 1.82) is 0 Å². The molecule has 0 spiro atoms. The predicted octanol–water partition coefficient (Wildman–Crippen LogP) is 1.83. The zero-order valence-corrected chi connectivity index (χ0v) is 13.2. The van der Waals surface area contributed by atoms with Gasteiger partial charge in [-0.05, 0) is 17.7 Å². The third-order valence-electron chi connectivity index (χ3n) is 3.43. The summed E-state index contributed by atoms with van der Waals surface area (Å²) < 4.78 is 6.05. The molecule has 6 nitrogen and oxygen atoms in total. The third kappa shape index (κ3) is 3.74. The number of carboxylic acids is 1. The van der Waals surface area contributed by atoms with E-state index in [4.69, 9.17) is 4.74 Å². The largest absolute Gasteiger partial charge is 0.479 e. The van der Waals surface area contributed by atoms with E-state index in [9.17, 15) is 14.7 Å². The van der Waals surface area contributed by atoms with Gasteiger partial charge in [-0.25, -0.2) is 9.59 Å². The topological polar surface area (TPSA) is 78.9 Å². The third-order valence-corrected chi connectivity index (χ3v) is 3.93. The van der Waals surface area contributed by atoms with Crippen molar-refractivity contribution >= 4 is 27.9 Å². The summed E-state index contributed by atoms with van der Waals surface area (Å²) in [5.74, 6) is -1.07. The molecule has 1 unspecified atom stereocenters. The van der Waals surface area contributed by atoms with Crippen LogP contribution in [0, 0.1) is 0 Å². The maximum atomic E-state index is 12.2. The molecule has 2 N–H and O–H groups in total. The first-order chi connectivity index (χ1) is 9.93. The molecule has 0 aliphatic carbocycles. The highest BCUT2D eigenvalue weighted by atomic mass is 79.9. The SMILES string of the molecule is CN(Cc1cccc(Br)c1)C(=O)NC1(C(=O)O)CCOC1. The summed E-state index contributed by atoms with van der Waals surface area (Å²) in [5.41, 5.74) is -0.364. The van der Waals surface area contributed by atoms with Crippen LogP contribution in [0.25, 0.3) is 0 Å². The maximum absolute atomic E-state index is 12.2. The lowest BCUT2D eigenvalue weighted by molar-refractivity contribution is -0.144. The second kappa shape index (κ2) is 6.44. The molecule has 1 aliphatic rings. The van der Waals surface area contributed by atoms with Crippen LogP contribution in [0.4, 0.5) is 4.79 Å². The molecule has 7 heteroatoms. The fraction of sp³-hybridized carbons (Fsp3) is 0.429. The molecule has 21 heavy (non-hydrogen) atoms. The lowest BCUT2D eigenvalue weighted by atomic mass is 9.99. The Hall–Kier alpha value is -1.60. The number of nitrogens with zero attached hydrogens (tertiary/aromatic N) is 1. The van der Waals surface area contributed by atoms with Crippen LogP contribution in [0.5, 0.6) is 0 Å². The zero-order valence-electron chi connectivity index (χ0n) is 11.6. The molecule has 114 valence electrons. The van der Waals surface area contributed by atoms with Crippen molar-refractivity contribution in [1.82, 2.24) is 10.2 Å². The van der Waals surface area contributed by atoms with Crippen LogP contribution >= 0.6 is 15.9 Å². The predicted molar refractivity (Wildman–Crippen MR) is 79.9 cm³/mol. The van der Waals surface area contributed by atoms with Gasteiger partial charge in [-0.2, -0.15) is 0 Å². The quantitative estimate of drug-likeness (QED) is 0.862.